The van der Waals surface area contributed by atoms with Crippen molar-refractivity contribution >= 4 is 17.8 Å². The van der Waals surface area contributed by atoms with Crippen LogP contribution in [-0.2, 0) is 4.79 Å². The van der Waals surface area contributed by atoms with Crippen molar-refractivity contribution in [2.24, 2.45) is 17.8 Å². The third kappa shape index (κ3) is 4.73. The largest absolute Gasteiger partial charge is 0.354 e. The van der Waals surface area contributed by atoms with E-state index in [1.807, 2.05) is 4.90 Å². The number of aromatic nitrogens is 1. The molecule has 2 saturated carbocycles. The summed E-state index contributed by atoms with van der Waals surface area (Å²) in [7, 11) is 0. The third-order valence-electron chi connectivity index (χ3n) is 6.98. The SMILES string of the molecule is CC(NC(=O)NC(=O)CN1CCN(c2cc(C#N)ccn2)CC1)C1CC2CCC1C2. The van der Waals surface area contributed by atoms with Crippen molar-refractivity contribution in [3.05, 3.63) is 23.9 Å². The molecule has 0 aromatic carbocycles. The average molecular weight is 411 g/mol. The number of carbonyl (C=O) groups is 2. The molecule has 30 heavy (non-hydrogen) atoms. The molecule has 4 unspecified atom stereocenters. The van der Waals surface area contributed by atoms with Gasteiger partial charge in [-0.1, -0.05) is 6.42 Å². The van der Waals surface area contributed by atoms with Crippen molar-refractivity contribution < 1.29 is 9.59 Å². The van der Waals surface area contributed by atoms with Crippen LogP contribution in [0.25, 0.3) is 0 Å². The predicted octanol–water partition coefficient (Wildman–Crippen LogP) is 1.73. The molecule has 2 heterocycles. The molecule has 4 rings (SSSR count). The third-order valence-corrected chi connectivity index (χ3v) is 6.98. The summed E-state index contributed by atoms with van der Waals surface area (Å²) in [6.07, 6.45) is 6.77. The Morgan fingerprint density at radius 1 is 1.27 bits per heavy atom. The Morgan fingerprint density at radius 2 is 2.07 bits per heavy atom. The number of anilines is 1. The average Bonchev–Trinajstić information content (AvgIpc) is 3.38. The summed E-state index contributed by atoms with van der Waals surface area (Å²) >= 11 is 0. The molecule has 0 spiro atoms. The summed E-state index contributed by atoms with van der Waals surface area (Å²) in [6, 6.07) is 5.32. The topological polar surface area (TPSA) is 101 Å². The Balaban J connectivity index is 1.18. The summed E-state index contributed by atoms with van der Waals surface area (Å²) in [5.41, 5.74) is 0.590. The van der Waals surface area contributed by atoms with Crippen LogP contribution in [0.15, 0.2) is 18.3 Å². The molecule has 3 amide bonds. The fourth-order valence-electron chi connectivity index (χ4n) is 5.42. The number of amides is 3. The van der Waals surface area contributed by atoms with Crippen molar-refractivity contribution in [1.82, 2.24) is 20.5 Å². The van der Waals surface area contributed by atoms with Crippen LogP contribution in [0.4, 0.5) is 10.6 Å². The molecule has 8 nitrogen and oxygen atoms in total. The van der Waals surface area contributed by atoms with Crippen LogP contribution in [0.2, 0.25) is 0 Å². The molecule has 2 aliphatic carbocycles. The smallest absolute Gasteiger partial charge is 0.321 e. The molecule has 1 aromatic rings. The first-order chi connectivity index (χ1) is 14.5. The quantitative estimate of drug-likeness (QED) is 0.767. The van der Waals surface area contributed by atoms with Crippen molar-refractivity contribution in [3.8, 4) is 6.07 Å². The zero-order valence-corrected chi connectivity index (χ0v) is 17.5. The van der Waals surface area contributed by atoms with E-state index in [0.29, 0.717) is 24.6 Å². The number of urea groups is 1. The maximum atomic E-state index is 12.3. The van der Waals surface area contributed by atoms with Gasteiger partial charge in [0.1, 0.15) is 5.82 Å². The van der Waals surface area contributed by atoms with E-state index in [9.17, 15) is 9.59 Å². The summed E-state index contributed by atoms with van der Waals surface area (Å²) in [5.74, 6) is 2.63. The van der Waals surface area contributed by atoms with Crippen LogP contribution in [0.3, 0.4) is 0 Å². The molecular weight excluding hydrogens is 380 g/mol. The molecule has 1 saturated heterocycles. The molecule has 3 fully saturated rings. The maximum absolute atomic E-state index is 12.3. The first-order valence-electron chi connectivity index (χ1n) is 11.0. The van der Waals surface area contributed by atoms with Crippen molar-refractivity contribution in [3.63, 3.8) is 0 Å². The van der Waals surface area contributed by atoms with E-state index < -0.39 is 0 Å². The Morgan fingerprint density at radius 3 is 2.73 bits per heavy atom. The highest BCUT2D eigenvalue weighted by Crippen LogP contribution is 2.49. The van der Waals surface area contributed by atoms with E-state index in [4.69, 9.17) is 5.26 Å². The first-order valence-corrected chi connectivity index (χ1v) is 11.0. The van der Waals surface area contributed by atoms with Crippen LogP contribution in [0.1, 0.15) is 38.2 Å². The number of rotatable bonds is 5. The fraction of sp³-hybridized carbons (Fsp3) is 0.636. The van der Waals surface area contributed by atoms with E-state index >= 15 is 0 Å². The van der Waals surface area contributed by atoms with Gasteiger partial charge in [0.15, 0.2) is 0 Å². The molecule has 3 aliphatic rings. The summed E-state index contributed by atoms with van der Waals surface area (Å²) in [4.78, 5) is 33.1. The second-order valence-corrected chi connectivity index (χ2v) is 8.93. The van der Waals surface area contributed by atoms with Gasteiger partial charge in [-0.05, 0) is 56.1 Å². The summed E-state index contributed by atoms with van der Waals surface area (Å²) < 4.78 is 0. The lowest BCUT2D eigenvalue weighted by Gasteiger charge is -2.35. The van der Waals surface area contributed by atoms with Gasteiger partial charge in [0.2, 0.25) is 5.91 Å². The van der Waals surface area contributed by atoms with E-state index in [2.05, 4.69) is 33.5 Å². The number of hydrogen-bond donors (Lipinski definition) is 2. The van der Waals surface area contributed by atoms with Crippen LogP contribution in [0.5, 0.6) is 0 Å². The van der Waals surface area contributed by atoms with E-state index in [1.54, 1.807) is 18.3 Å². The number of nitrogens with zero attached hydrogens (tertiary/aromatic N) is 4. The monoisotopic (exact) mass is 410 g/mol. The number of fused-ring (bicyclic) bond motifs is 2. The van der Waals surface area contributed by atoms with Gasteiger partial charge in [-0.3, -0.25) is 15.0 Å². The molecule has 2 bridgehead atoms. The summed E-state index contributed by atoms with van der Waals surface area (Å²) in [5, 5.41) is 14.5. The second-order valence-electron chi connectivity index (χ2n) is 8.93. The van der Waals surface area contributed by atoms with Gasteiger partial charge >= 0.3 is 6.03 Å². The van der Waals surface area contributed by atoms with Crippen LogP contribution in [-0.4, -0.2) is 60.6 Å². The lowest BCUT2D eigenvalue weighted by atomic mass is 9.84. The van der Waals surface area contributed by atoms with Crippen LogP contribution in [0, 0.1) is 29.1 Å². The molecule has 8 heteroatoms. The van der Waals surface area contributed by atoms with Crippen molar-refractivity contribution in [2.45, 2.75) is 38.6 Å². The molecule has 0 radical (unpaired) electrons. The van der Waals surface area contributed by atoms with E-state index in [-0.39, 0.29) is 24.5 Å². The lowest BCUT2D eigenvalue weighted by molar-refractivity contribution is -0.121. The fourth-order valence-corrected chi connectivity index (χ4v) is 5.42. The van der Waals surface area contributed by atoms with E-state index in [0.717, 1.165) is 30.7 Å². The highest BCUT2D eigenvalue weighted by atomic mass is 16.2. The molecule has 1 aromatic heterocycles. The van der Waals surface area contributed by atoms with Gasteiger partial charge < -0.3 is 10.2 Å². The molecule has 1 aliphatic heterocycles. The van der Waals surface area contributed by atoms with Gasteiger partial charge in [-0.25, -0.2) is 9.78 Å². The predicted molar refractivity (Wildman–Crippen MR) is 113 cm³/mol. The normalized spacial score (nSPS) is 26.8. The maximum Gasteiger partial charge on any atom is 0.321 e. The second kappa shape index (κ2) is 9.00. The number of piperazine rings is 1. The molecule has 4 atom stereocenters. The lowest BCUT2D eigenvalue weighted by Crippen LogP contribution is -2.52. The van der Waals surface area contributed by atoms with Gasteiger partial charge in [0, 0.05) is 38.4 Å². The minimum absolute atomic E-state index is 0.105. The Kier molecular flexibility index (Phi) is 6.18. The number of nitriles is 1. The highest BCUT2D eigenvalue weighted by Gasteiger charge is 2.42. The Labute approximate surface area is 177 Å². The van der Waals surface area contributed by atoms with Gasteiger partial charge in [-0.2, -0.15) is 5.26 Å². The Hall–Kier alpha value is -2.66. The van der Waals surface area contributed by atoms with Crippen LogP contribution >= 0.6 is 0 Å². The molecule has 160 valence electrons. The minimum Gasteiger partial charge on any atom is -0.354 e. The number of carbonyl (C=O) groups excluding carboxylic acids is 2. The van der Waals surface area contributed by atoms with Gasteiger partial charge in [0.25, 0.3) is 0 Å². The van der Waals surface area contributed by atoms with Crippen LogP contribution < -0.4 is 15.5 Å². The zero-order valence-electron chi connectivity index (χ0n) is 17.5. The number of pyridine rings is 1. The van der Waals surface area contributed by atoms with Gasteiger partial charge in [-0.15, -0.1) is 0 Å². The minimum atomic E-state index is -0.383. The Bertz CT molecular complexity index is 829. The van der Waals surface area contributed by atoms with E-state index in [1.165, 1.54) is 25.7 Å². The number of nitrogens with one attached hydrogen (secondary N) is 2. The standard InChI is InChI=1S/C22H30N6O2/c1-15(19-11-16-2-3-18(19)10-16)25-22(30)26-21(29)14-27-6-8-28(9-7-27)20-12-17(13-23)4-5-24-20/h4-5,12,15-16,18-19H,2-3,6-11,14H2,1H3,(H2,25,26,29,30). The molecule has 2 N–H and O–H groups in total. The summed E-state index contributed by atoms with van der Waals surface area (Å²) in [6.45, 7) is 5.12. The highest BCUT2D eigenvalue weighted by molar-refractivity contribution is 5.95. The van der Waals surface area contributed by atoms with Gasteiger partial charge in [0.05, 0.1) is 18.2 Å². The van der Waals surface area contributed by atoms with Crippen molar-refractivity contribution in [1.29, 1.82) is 5.26 Å². The zero-order chi connectivity index (χ0) is 21.1. The van der Waals surface area contributed by atoms with Crippen molar-refractivity contribution in [2.75, 3.05) is 37.6 Å². The number of imide groups is 1. The first kappa shape index (κ1) is 20.6. The molecular formula is C22H30N6O2. The number of hydrogen-bond acceptors (Lipinski definition) is 6.